The molecule has 1 heterocycles. The van der Waals surface area contributed by atoms with Crippen molar-refractivity contribution in [3.8, 4) is 5.69 Å². The van der Waals surface area contributed by atoms with Crippen molar-refractivity contribution in [2.24, 2.45) is 0 Å². The van der Waals surface area contributed by atoms with E-state index in [2.05, 4.69) is 11.6 Å². The second kappa shape index (κ2) is 7.93. The van der Waals surface area contributed by atoms with Gasteiger partial charge in [0.25, 0.3) is 0 Å². The van der Waals surface area contributed by atoms with Gasteiger partial charge in [-0.25, -0.2) is 9.78 Å². The van der Waals surface area contributed by atoms with Crippen molar-refractivity contribution in [3.05, 3.63) is 59.2 Å². The van der Waals surface area contributed by atoms with Gasteiger partial charge in [-0.3, -0.25) is 4.57 Å². The molecular weight excluding hydrogens is 328 g/mol. The second-order valence-electron chi connectivity index (χ2n) is 5.17. The van der Waals surface area contributed by atoms with Crippen LogP contribution in [0.5, 0.6) is 0 Å². The van der Waals surface area contributed by atoms with Crippen molar-refractivity contribution in [1.29, 1.82) is 0 Å². The van der Waals surface area contributed by atoms with Crippen LogP contribution in [0.3, 0.4) is 0 Å². The van der Waals surface area contributed by atoms with Crippen LogP contribution in [0.25, 0.3) is 5.69 Å². The van der Waals surface area contributed by atoms with Crippen LogP contribution >= 0.6 is 11.6 Å². The highest BCUT2D eigenvalue weighted by atomic mass is 35.5. The molecule has 0 radical (unpaired) electrons. The van der Waals surface area contributed by atoms with Crippen LogP contribution in [0.15, 0.2) is 36.9 Å². The molecular formula is C18H19ClN2O3. The van der Waals surface area contributed by atoms with Gasteiger partial charge in [0, 0.05) is 12.3 Å². The Bertz CT molecular complexity index is 768. The minimum absolute atomic E-state index is 0.0240. The lowest BCUT2D eigenvalue weighted by molar-refractivity contribution is -0.107. The fourth-order valence-electron chi connectivity index (χ4n) is 2.42. The van der Waals surface area contributed by atoms with E-state index in [-0.39, 0.29) is 24.6 Å². The van der Waals surface area contributed by atoms with Gasteiger partial charge in [0.1, 0.15) is 12.1 Å². The fraction of sp³-hybridized carbons (Fsp3) is 0.278. The van der Waals surface area contributed by atoms with Gasteiger partial charge >= 0.3 is 5.97 Å². The lowest BCUT2D eigenvalue weighted by Gasteiger charge is -2.15. The number of para-hydroxylation sites is 1. The second-order valence-corrected chi connectivity index (χ2v) is 5.57. The van der Waals surface area contributed by atoms with Crippen LogP contribution in [0.4, 0.5) is 0 Å². The predicted octanol–water partition coefficient (Wildman–Crippen LogP) is 3.73. The number of nitrogens with zero attached hydrogens (tertiary/aromatic N) is 2. The highest BCUT2D eigenvalue weighted by Crippen LogP contribution is 2.29. The highest BCUT2D eigenvalue weighted by molar-refractivity contribution is 6.32. The molecule has 1 unspecified atom stereocenters. The number of benzene rings is 1. The Morgan fingerprint density at radius 1 is 1.46 bits per heavy atom. The molecule has 5 nitrogen and oxygen atoms in total. The Kier molecular flexibility index (Phi) is 5.93. The smallest absolute Gasteiger partial charge is 0.358 e. The Hall–Kier alpha value is -2.40. The highest BCUT2D eigenvalue weighted by Gasteiger charge is 2.26. The van der Waals surface area contributed by atoms with Gasteiger partial charge < -0.3 is 9.53 Å². The minimum Gasteiger partial charge on any atom is -0.461 e. The van der Waals surface area contributed by atoms with Crippen LogP contribution < -0.4 is 0 Å². The summed E-state index contributed by atoms with van der Waals surface area (Å²) in [5, 5.41) is 0.495. The van der Waals surface area contributed by atoms with Crippen LogP contribution in [0.2, 0.25) is 5.02 Å². The number of aromatic nitrogens is 2. The van der Waals surface area contributed by atoms with Crippen molar-refractivity contribution >= 4 is 23.9 Å². The van der Waals surface area contributed by atoms with E-state index < -0.39 is 5.97 Å². The number of ether oxygens (including phenoxy) is 1. The first-order valence-corrected chi connectivity index (χ1v) is 8.02. The maximum absolute atomic E-state index is 12.3. The van der Waals surface area contributed by atoms with Crippen LogP contribution in [0.1, 0.15) is 41.8 Å². The van der Waals surface area contributed by atoms with Crippen molar-refractivity contribution in [2.45, 2.75) is 26.2 Å². The third-order valence-electron chi connectivity index (χ3n) is 3.60. The Morgan fingerprint density at radius 3 is 2.75 bits per heavy atom. The Morgan fingerprint density at radius 2 is 2.17 bits per heavy atom. The first-order chi connectivity index (χ1) is 11.5. The largest absolute Gasteiger partial charge is 0.461 e. The van der Waals surface area contributed by atoms with Crippen molar-refractivity contribution in [3.63, 3.8) is 0 Å². The van der Waals surface area contributed by atoms with Crippen molar-refractivity contribution in [1.82, 2.24) is 9.55 Å². The molecule has 0 N–H and O–H groups in total. The van der Waals surface area contributed by atoms with Gasteiger partial charge in [0.15, 0.2) is 5.69 Å². The van der Waals surface area contributed by atoms with E-state index in [4.69, 9.17) is 16.3 Å². The summed E-state index contributed by atoms with van der Waals surface area (Å²) < 4.78 is 6.82. The third-order valence-corrected chi connectivity index (χ3v) is 3.92. The molecule has 0 spiro atoms. The molecule has 0 amide bonds. The topological polar surface area (TPSA) is 61.2 Å². The number of imidazole rings is 1. The van der Waals surface area contributed by atoms with E-state index in [1.807, 2.05) is 25.1 Å². The lowest BCUT2D eigenvalue weighted by atomic mass is 10.1. The number of hydrogen-bond acceptors (Lipinski definition) is 4. The molecule has 0 aliphatic carbocycles. The van der Waals surface area contributed by atoms with Gasteiger partial charge in [0.2, 0.25) is 0 Å². The van der Waals surface area contributed by atoms with E-state index in [1.54, 1.807) is 23.6 Å². The lowest BCUT2D eigenvalue weighted by Crippen LogP contribution is -2.11. The van der Waals surface area contributed by atoms with Gasteiger partial charge in [-0.05, 0) is 19.1 Å². The fourth-order valence-corrected chi connectivity index (χ4v) is 2.64. The molecule has 0 aliphatic heterocycles. The average Bonchev–Trinajstić information content (AvgIpc) is 2.94. The molecule has 0 bridgehead atoms. The first kappa shape index (κ1) is 17.9. The molecule has 0 aliphatic rings. The summed E-state index contributed by atoms with van der Waals surface area (Å²) in [6, 6.07) is 7.20. The summed E-state index contributed by atoms with van der Waals surface area (Å²) in [6.45, 7) is 7.64. The molecule has 2 rings (SSSR count). The molecule has 1 aromatic carbocycles. The first-order valence-electron chi connectivity index (χ1n) is 7.64. The standard InChI is InChI=1S/C18H19ClN2O3/c1-4-12(3)17-20-16(18(23)24-5-2)15(10-11-22)21(17)14-9-7-6-8-13(14)19/h4,6-9,11-12H,1,5,10H2,2-3H3. The monoisotopic (exact) mass is 346 g/mol. The number of esters is 1. The van der Waals surface area contributed by atoms with Gasteiger partial charge in [-0.2, -0.15) is 0 Å². The van der Waals surface area contributed by atoms with Gasteiger partial charge in [-0.1, -0.05) is 36.7 Å². The number of carbonyl (C=O) groups is 2. The van der Waals surface area contributed by atoms with Crippen LogP contribution in [0, 0.1) is 0 Å². The molecule has 0 saturated heterocycles. The Labute approximate surface area is 145 Å². The molecule has 2 aromatic rings. The van der Waals surface area contributed by atoms with Crippen LogP contribution in [-0.4, -0.2) is 28.4 Å². The molecule has 1 aromatic heterocycles. The summed E-state index contributed by atoms with van der Waals surface area (Å²) in [5.41, 5.74) is 1.25. The van der Waals surface area contributed by atoms with E-state index in [9.17, 15) is 9.59 Å². The quantitative estimate of drug-likeness (QED) is 0.435. The zero-order chi connectivity index (χ0) is 17.7. The molecule has 126 valence electrons. The zero-order valence-corrected chi connectivity index (χ0v) is 14.4. The molecule has 6 heteroatoms. The van der Waals surface area contributed by atoms with Gasteiger partial charge in [-0.15, -0.1) is 6.58 Å². The normalized spacial score (nSPS) is 11.8. The van der Waals surface area contributed by atoms with Crippen molar-refractivity contribution in [2.75, 3.05) is 6.61 Å². The Balaban J connectivity index is 2.78. The van der Waals surface area contributed by atoms with Crippen molar-refractivity contribution < 1.29 is 14.3 Å². The zero-order valence-electron chi connectivity index (χ0n) is 13.7. The molecule has 0 fully saturated rings. The number of aldehydes is 1. The molecule has 0 saturated carbocycles. The number of hydrogen-bond donors (Lipinski definition) is 0. The maximum Gasteiger partial charge on any atom is 0.358 e. The molecule has 24 heavy (non-hydrogen) atoms. The SMILES string of the molecule is C=CC(C)c1nc(C(=O)OCC)c(CC=O)n1-c1ccccc1Cl. The number of carbonyl (C=O) groups excluding carboxylic acids is 2. The predicted molar refractivity (Wildman–Crippen MR) is 92.9 cm³/mol. The van der Waals surface area contributed by atoms with Crippen LogP contribution in [-0.2, 0) is 16.0 Å². The minimum atomic E-state index is -0.558. The summed E-state index contributed by atoms with van der Waals surface area (Å²) >= 11 is 6.32. The van der Waals surface area contributed by atoms with E-state index in [1.165, 1.54) is 0 Å². The summed E-state index contributed by atoms with van der Waals surface area (Å²) in [7, 11) is 0. The average molecular weight is 347 g/mol. The summed E-state index contributed by atoms with van der Waals surface area (Å²) in [4.78, 5) is 27.9. The van der Waals surface area contributed by atoms with Gasteiger partial charge in [0.05, 0.1) is 23.0 Å². The van der Waals surface area contributed by atoms with E-state index >= 15 is 0 Å². The third kappa shape index (κ3) is 3.41. The summed E-state index contributed by atoms with van der Waals surface area (Å²) in [5.74, 6) is -0.120. The molecule has 1 atom stereocenters. The maximum atomic E-state index is 12.3. The number of allylic oxidation sites excluding steroid dienone is 1. The number of halogens is 1. The van der Waals surface area contributed by atoms with E-state index in [0.29, 0.717) is 22.2 Å². The number of rotatable bonds is 7. The summed E-state index contributed by atoms with van der Waals surface area (Å²) in [6.07, 6.45) is 2.47. The van der Waals surface area contributed by atoms with E-state index in [0.717, 1.165) is 6.29 Å².